The second-order valence-corrected chi connectivity index (χ2v) is 11.5. The van der Waals surface area contributed by atoms with E-state index in [2.05, 4.69) is 53.3 Å². The van der Waals surface area contributed by atoms with Gasteiger partial charge in [-0.25, -0.2) is 0 Å². The summed E-state index contributed by atoms with van der Waals surface area (Å²) < 4.78 is 9.20. The van der Waals surface area contributed by atoms with Crippen molar-refractivity contribution < 1.29 is 49.7 Å². The molecule has 0 amide bonds. The molecule has 0 aromatic heterocycles. The molecule has 0 saturated heterocycles. The van der Waals surface area contributed by atoms with Crippen molar-refractivity contribution >= 4 is 45.3 Å². The van der Waals surface area contributed by atoms with E-state index in [0.717, 1.165) is 18.2 Å². The van der Waals surface area contributed by atoms with E-state index in [1.807, 2.05) is 0 Å². The lowest BCUT2D eigenvalue weighted by Gasteiger charge is -2.18. The first-order chi connectivity index (χ1) is 23.4. The van der Waals surface area contributed by atoms with E-state index < -0.39 is 41.4 Å². The maximum Gasteiger partial charge on any atom is 0.453 e. The normalized spacial score (nSPS) is 12.9. The number of carbonyl (C=O) groups excluding carboxylic acids is 2. The Hall–Kier alpha value is -5.68. The van der Waals surface area contributed by atoms with Crippen LogP contribution >= 0.6 is 0 Å². The number of aryl methyl sites for hydroxylation is 2. The number of methoxy groups -OCH3 is 1. The van der Waals surface area contributed by atoms with Crippen molar-refractivity contribution in [1.29, 1.82) is 0 Å². The third kappa shape index (κ3) is 8.62. The van der Waals surface area contributed by atoms with E-state index in [4.69, 9.17) is 20.1 Å². The molecule has 0 atom stereocenters. The van der Waals surface area contributed by atoms with Crippen molar-refractivity contribution in [3.05, 3.63) is 113 Å². The molecular formula is C39H36O10. The van der Waals surface area contributed by atoms with Crippen LogP contribution in [0, 0.1) is 0 Å². The predicted octanol–water partition coefficient (Wildman–Crippen LogP) is 5.91. The molecule has 10 nitrogen and oxygen atoms in total. The zero-order valence-corrected chi connectivity index (χ0v) is 26.7. The number of aromatic hydroxyl groups is 3. The molecule has 49 heavy (non-hydrogen) atoms. The van der Waals surface area contributed by atoms with Crippen molar-refractivity contribution in [2.24, 2.45) is 0 Å². The number of hydrogen-bond donors (Lipinski definition) is 6. The molecule has 0 saturated carbocycles. The molecule has 1 aliphatic rings. The number of phenols is 3. The average Bonchev–Trinajstić information content (AvgIpc) is 3.09. The molecule has 6 N–H and O–H groups in total. The monoisotopic (exact) mass is 664 g/mol. The van der Waals surface area contributed by atoms with Crippen LogP contribution < -0.4 is 9.47 Å². The highest BCUT2D eigenvalue weighted by Crippen LogP contribution is 2.40. The molecule has 6 rings (SSSR count). The van der Waals surface area contributed by atoms with Gasteiger partial charge < -0.3 is 40.1 Å². The number of carbonyl (C=O) groups is 2. The van der Waals surface area contributed by atoms with Crippen molar-refractivity contribution in [3.63, 3.8) is 0 Å². The van der Waals surface area contributed by atoms with Gasteiger partial charge in [0, 0.05) is 5.56 Å². The van der Waals surface area contributed by atoms with Gasteiger partial charge in [-0.2, -0.15) is 0 Å². The third-order valence-corrected chi connectivity index (χ3v) is 8.10. The lowest BCUT2D eigenvalue weighted by atomic mass is 9.86. The Kier molecular flexibility index (Phi) is 10.6. The number of phenolic OH excluding ortho intramolecular Hbond substituents is 3. The summed E-state index contributed by atoms with van der Waals surface area (Å²) in [6.07, 6.45) is 5.83. The molecular weight excluding hydrogens is 628 g/mol. The first-order valence-electron chi connectivity index (χ1n) is 15.6. The fraction of sp³-hybridized carbons (Fsp3) is 0.179. The maximum atomic E-state index is 12.0. The highest BCUT2D eigenvalue weighted by atomic mass is 16.9. The van der Waals surface area contributed by atoms with Gasteiger partial charge >= 0.3 is 6.16 Å². The Morgan fingerprint density at radius 2 is 1.45 bits per heavy atom. The second-order valence-electron chi connectivity index (χ2n) is 11.5. The van der Waals surface area contributed by atoms with Crippen molar-refractivity contribution in [3.8, 4) is 28.7 Å². The summed E-state index contributed by atoms with van der Waals surface area (Å²) in [5, 5.41) is 61.3. The number of fused-ring (bicyclic) bond motifs is 5. The lowest BCUT2D eigenvalue weighted by molar-refractivity contribution is -0.420. The molecule has 0 fully saturated rings. The second kappa shape index (κ2) is 15.0. The van der Waals surface area contributed by atoms with E-state index in [9.17, 15) is 24.9 Å². The van der Waals surface area contributed by atoms with Crippen LogP contribution in [0.3, 0.4) is 0 Å². The number of hydrogen-bond acceptors (Lipinski definition) is 10. The number of aliphatic hydroxyl groups is 3. The topological polar surface area (TPSA) is 174 Å². The predicted molar refractivity (Wildman–Crippen MR) is 185 cm³/mol. The van der Waals surface area contributed by atoms with Crippen LogP contribution in [-0.4, -0.2) is 55.5 Å². The molecule has 0 aliphatic heterocycles. The van der Waals surface area contributed by atoms with Crippen molar-refractivity contribution in [2.75, 3.05) is 7.11 Å². The zero-order chi connectivity index (χ0) is 35.1. The molecule has 0 unspecified atom stereocenters. The average molecular weight is 665 g/mol. The minimum atomic E-state index is -3.65. The van der Waals surface area contributed by atoms with Crippen LogP contribution in [0.15, 0.2) is 91.0 Å². The zero-order valence-electron chi connectivity index (χ0n) is 26.7. The fourth-order valence-corrected chi connectivity index (χ4v) is 5.75. The first-order valence-corrected chi connectivity index (χ1v) is 15.6. The summed E-state index contributed by atoms with van der Waals surface area (Å²) in [7, 11) is 1.38. The summed E-state index contributed by atoms with van der Waals surface area (Å²) in [4.78, 5) is 24.0. The standard InChI is InChI=1S/C21H20O10.C18H16/c1-30-18-10-12(3-8-16(18)24)2-6-14(22)11-15(23)7-4-13-5-9-17(25)20(19(13)26)31-21(27,28)29;1-3-7-15-13(5-1)9-11-18-16-8-4-2-6-14(16)10-12-17(15)18/h2-10,24-29H,11H2,1H3;1,3,5,7,9-12H,2,4,6,8H2/b6-2+,7-4+;. The van der Waals surface area contributed by atoms with Gasteiger partial charge in [-0.3, -0.25) is 9.59 Å². The number of ether oxygens (including phenoxy) is 2. The molecule has 5 aromatic carbocycles. The minimum Gasteiger partial charge on any atom is -0.504 e. The summed E-state index contributed by atoms with van der Waals surface area (Å²) >= 11 is 0. The van der Waals surface area contributed by atoms with Gasteiger partial charge in [-0.15, -0.1) is 0 Å². The van der Waals surface area contributed by atoms with Crippen LogP contribution in [0.2, 0.25) is 0 Å². The Balaban J connectivity index is 0.000000217. The molecule has 0 heterocycles. The van der Waals surface area contributed by atoms with Crippen molar-refractivity contribution in [2.45, 2.75) is 38.3 Å². The maximum absolute atomic E-state index is 12.0. The van der Waals surface area contributed by atoms with Gasteiger partial charge in [-0.1, -0.05) is 60.7 Å². The third-order valence-electron chi connectivity index (χ3n) is 8.10. The van der Waals surface area contributed by atoms with Crippen LogP contribution in [0.5, 0.6) is 28.7 Å². The molecule has 10 heteroatoms. The first kappa shape index (κ1) is 34.6. The summed E-state index contributed by atoms with van der Waals surface area (Å²) in [5.74, 6) is -3.25. The van der Waals surface area contributed by atoms with E-state index in [1.54, 1.807) is 17.2 Å². The van der Waals surface area contributed by atoms with E-state index >= 15 is 0 Å². The van der Waals surface area contributed by atoms with Crippen LogP contribution in [0.4, 0.5) is 0 Å². The molecule has 0 radical (unpaired) electrons. The lowest BCUT2D eigenvalue weighted by Crippen LogP contribution is -2.34. The van der Waals surface area contributed by atoms with Crippen LogP contribution in [0.25, 0.3) is 33.7 Å². The van der Waals surface area contributed by atoms with Crippen molar-refractivity contribution in [1.82, 2.24) is 0 Å². The number of allylic oxidation sites excluding steroid dienone is 2. The number of ketones is 2. The quantitative estimate of drug-likeness (QED) is 0.0482. The van der Waals surface area contributed by atoms with E-state index in [0.29, 0.717) is 5.56 Å². The van der Waals surface area contributed by atoms with Crippen LogP contribution in [-0.2, 0) is 22.4 Å². The Morgan fingerprint density at radius 1 is 0.755 bits per heavy atom. The van der Waals surface area contributed by atoms with E-state index in [-0.39, 0.29) is 17.1 Å². The van der Waals surface area contributed by atoms with Crippen LogP contribution in [0.1, 0.15) is 41.5 Å². The summed E-state index contributed by atoms with van der Waals surface area (Å²) in [6, 6.07) is 24.6. The summed E-state index contributed by atoms with van der Waals surface area (Å²) in [5.41, 5.74) is 3.68. The van der Waals surface area contributed by atoms with Gasteiger partial charge in [0.2, 0.25) is 5.75 Å². The number of rotatable bonds is 9. The van der Waals surface area contributed by atoms with Gasteiger partial charge in [-0.05, 0) is 106 Å². The fourth-order valence-electron chi connectivity index (χ4n) is 5.75. The highest BCUT2D eigenvalue weighted by molar-refractivity contribution is 6.11. The van der Waals surface area contributed by atoms with Gasteiger partial charge in [0.1, 0.15) is 0 Å². The number of benzene rings is 5. The molecule has 0 bridgehead atoms. The Morgan fingerprint density at radius 3 is 2.20 bits per heavy atom. The van der Waals surface area contributed by atoms with E-state index in [1.165, 1.54) is 84.7 Å². The van der Waals surface area contributed by atoms with Gasteiger partial charge in [0.15, 0.2) is 34.6 Å². The van der Waals surface area contributed by atoms with Gasteiger partial charge in [0.25, 0.3) is 0 Å². The minimum absolute atomic E-state index is 0.0556. The molecule has 252 valence electrons. The van der Waals surface area contributed by atoms with Gasteiger partial charge in [0.05, 0.1) is 13.5 Å². The SMILES string of the molecule is COc1cc(/C=C/C(=O)CC(=O)/C=C/c2ccc(O)c(OC(O)(O)O)c2O)ccc1O.c1ccc2c(c1)ccc1c3c(ccc12)CCCC3. The largest absolute Gasteiger partial charge is 0.504 e. The Labute approximate surface area is 282 Å². The molecule has 0 spiro atoms. The summed E-state index contributed by atoms with van der Waals surface area (Å²) in [6.45, 7) is 0. The Bertz CT molecular complexity index is 2070. The smallest absolute Gasteiger partial charge is 0.453 e. The molecule has 5 aromatic rings. The highest BCUT2D eigenvalue weighted by Gasteiger charge is 2.26. The molecule has 1 aliphatic carbocycles.